The molecular weight excluding hydrogens is 325 g/mol. The van der Waals surface area contributed by atoms with Gasteiger partial charge in [0.1, 0.15) is 12.4 Å². The van der Waals surface area contributed by atoms with Crippen molar-refractivity contribution < 1.29 is 13.9 Å². The van der Waals surface area contributed by atoms with Crippen LogP contribution >= 0.6 is 15.9 Å². The fourth-order valence-corrected chi connectivity index (χ4v) is 2.21. The summed E-state index contributed by atoms with van der Waals surface area (Å²) in [5.74, 6) is -0.436. The minimum Gasteiger partial charge on any atom is -0.444 e. The molecular formula is C15H13BrFNO2. The van der Waals surface area contributed by atoms with E-state index in [-0.39, 0.29) is 11.1 Å². The van der Waals surface area contributed by atoms with E-state index in [0.717, 1.165) is 11.1 Å². The second kappa shape index (κ2) is 6.52. The summed E-state index contributed by atoms with van der Waals surface area (Å²) in [7, 11) is 0. The van der Waals surface area contributed by atoms with Gasteiger partial charge in [-0.25, -0.2) is 9.18 Å². The van der Waals surface area contributed by atoms with Gasteiger partial charge in [-0.2, -0.15) is 0 Å². The fraction of sp³-hybridized carbons (Fsp3) is 0.133. The number of carbonyl (C=O) groups excluding carboxylic acids is 1. The Balaban J connectivity index is 2.00. The summed E-state index contributed by atoms with van der Waals surface area (Å²) in [6.07, 6.45) is -0.622. The van der Waals surface area contributed by atoms with Crippen molar-refractivity contribution in [1.82, 2.24) is 0 Å². The summed E-state index contributed by atoms with van der Waals surface area (Å²) >= 11 is 3.11. The number of benzene rings is 2. The van der Waals surface area contributed by atoms with E-state index in [1.807, 2.05) is 30.3 Å². The summed E-state index contributed by atoms with van der Waals surface area (Å²) < 4.78 is 18.7. The molecule has 5 heteroatoms. The normalized spacial score (nSPS) is 10.2. The van der Waals surface area contributed by atoms with E-state index in [2.05, 4.69) is 21.2 Å². The molecule has 0 saturated heterocycles. The molecule has 0 fully saturated rings. The Morgan fingerprint density at radius 3 is 2.65 bits per heavy atom. The maximum atomic E-state index is 13.4. The Labute approximate surface area is 124 Å². The molecule has 0 aliphatic heterocycles. The molecule has 0 aromatic heterocycles. The zero-order valence-electron chi connectivity index (χ0n) is 10.8. The van der Waals surface area contributed by atoms with Gasteiger partial charge in [0, 0.05) is 0 Å². The van der Waals surface area contributed by atoms with Crippen LogP contribution in [0.15, 0.2) is 46.9 Å². The quantitative estimate of drug-likeness (QED) is 0.885. The second-order valence-corrected chi connectivity index (χ2v) is 5.03. The van der Waals surface area contributed by atoms with Crippen LogP contribution in [0.4, 0.5) is 14.9 Å². The molecule has 1 amide bonds. The van der Waals surface area contributed by atoms with Gasteiger partial charge in [-0.15, -0.1) is 0 Å². The third-order valence-electron chi connectivity index (χ3n) is 2.74. The molecule has 2 aromatic carbocycles. The van der Waals surface area contributed by atoms with Crippen LogP contribution in [-0.2, 0) is 11.3 Å². The number of ether oxygens (including phenoxy) is 1. The molecule has 0 unspecified atom stereocenters. The molecule has 1 N–H and O–H groups in total. The smallest absolute Gasteiger partial charge is 0.412 e. The lowest BCUT2D eigenvalue weighted by Crippen LogP contribution is -2.15. The van der Waals surface area contributed by atoms with E-state index in [1.165, 1.54) is 6.07 Å². The molecule has 0 radical (unpaired) electrons. The molecule has 0 aliphatic carbocycles. The van der Waals surface area contributed by atoms with Gasteiger partial charge < -0.3 is 4.74 Å². The lowest BCUT2D eigenvalue weighted by Gasteiger charge is -2.11. The number of anilines is 1. The summed E-state index contributed by atoms with van der Waals surface area (Å²) in [6, 6.07) is 12.3. The highest BCUT2D eigenvalue weighted by atomic mass is 79.9. The van der Waals surface area contributed by atoms with Crippen molar-refractivity contribution in [3.05, 3.63) is 63.9 Å². The average molecular weight is 338 g/mol. The van der Waals surface area contributed by atoms with Crippen molar-refractivity contribution in [2.45, 2.75) is 13.5 Å². The third kappa shape index (κ3) is 3.57. The first-order chi connectivity index (χ1) is 9.58. The van der Waals surface area contributed by atoms with Crippen LogP contribution in [-0.4, -0.2) is 6.09 Å². The lowest BCUT2D eigenvalue weighted by molar-refractivity contribution is 0.155. The van der Waals surface area contributed by atoms with Crippen LogP contribution in [0.2, 0.25) is 0 Å². The predicted molar refractivity (Wildman–Crippen MR) is 79.1 cm³/mol. The minimum absolute atomic E-state index is 0.165. The summed E-state index contributed by atoms with van der Waals surface area (Å²) in [6.45, 7) is 1.94. The van der Waals surface area contributed by atoms with Gasteiger partial charge in [0.15, 0.2) is 0 Å². The van der Waals surface area contributed by atoms with Crippen LogP contribution in [0.3, 0.4) is 0 Å². The standard InChI is InChI=1S/C15H13BrFNO2/c1-10-7-8-12(17)13(16)14(10)18-15(19)20-9-11-5-3-2-4-6-11/h2-8H,9H2,1H3,(H,18,19). The maximum Gasteiger partial charge on any atom is 0.412 e. The van der Waals surface area contributed by atoms with E-state index in [9.17, 15) is 9.18 Å². The van der Waals surface area contributed by atoms with Gasteiger partial charge in [0.25, 0.3) is 0 Å². The van der Waals surface area contributed by atoms with Gasteiger partial charge >= 0.3 is 6.09 Å². The van der Waals surface area contributed by atoms with Crippen LogP contribution < -0.4 is 5.32 Å². The SMILES string of the molecule is Cc1ccc(F)c(Br)c1NC(=O)OCc1ccccc1. The van der Waals surface area contributed by atoms with Gasteiger partial charge in [0.2, 0.25) is 0 Å². The van der Waals surface area contributed by atoms with Crippen molar-refractivity contribution in [2.24, 2.45) is 0 Å². The molecule has 20 heavy (non-hydrogen) atoms. The van der Waals surface area contributed by atoms with Crippen molar-refractivity contribution in [1.29, 1.82) is 0 Å². The first-order valence-electron chi connectivity index (χ1n) is 6.00. The van der Waals surface area contributed by atoms with Crippen molar-refractivity contribution in [3.8, 4) is 0 Å². The topological polar surface area (TPSA) is 38.3 Å². The zero-order chi connectivity index (χ0) is 14.5. The highest BCUT2D eigenvalue weighted by Gasteiger charge is 2.12. The number of carbonyl (C=O) groups is 1. The number of halogens is 2. The van der Waals surface area contributed by atoms with Gasteiger partial charge in [0.05, 0.1) is 10.2 Å². The molecule has 104 valence electrons. The number of aryl methyl sites for hydroxylation is 1. The van der Waals surface area contributed by atoms with Gasteiger partial charge in [-0.1, -0.05) is 36.4 Å². The van der Waals surface area contributed by atoms with Gasteiger partial charge in [-0.05, 0) is 40.0 Å². The van der Waals surface area contributed by atoms with Crippen LogP contribution in [0.5, 0.6) is 0 Å². The first-order valence-corrected chi connectivity index (χ1v) is 6.79. The van der Waals surface area contributed by atoms with Crippen molar-refractivity contribution >= 4 is 27.7 Å². The number of hydrogen-bond acceptors (Lipinski definition) is 2. The van der Waals surface area contributed by atoms with Crippen molar-refractivity contribution in [3.63, 3.8) is 0 Å². The second-order valence-electron chi connectivity index (χ2n) is 4.24. The zero-order valence-corrected chi connectivity index (χ0v) is 12.4. The predicted octanol–water partition coefficient (Wildman–Crippen LogP) is 4.65. The van der Waals surface area contributed by atoms with Crippen molar-refractivity contribution in [2.75, 3.05) is 5.32 Å². The highest BCUT2D eigenvalue weighted by Crippen LogP contribution is 2.29. The molecule has 0 aliphatic rings. The molecule has 0 atom stereocenters. The van der Waals surface area contributed by atoms with Crippen LogP contribution in [0, 0.1) is 12.7 Å². The van der Waals surface area contributed by atoms with E-state index in [4.69, 9.17) is 4.74 Å². The molecule has 3 nitrogen and oxygen atoms in total. The van der Waals surface area contributed by atoms with Gasteiger partial charge in [-0.3, -0.25) is 5.32 Å². The molecule has 2 rings (SSSR count). The summed E-state index contributed by atoms with van der Waals surface area (Å²) in [5.41, 5.74) is 2.01. The summed E-state index contributed by atoms with van der Waals surface area (Å²) in [5, 5.41) is 2.54. The Morgan fingerprint density at radius 2 is 1.95 bits per heavy atom. The third-order valence-corrected chi connectivity index (χ3v) is 3.52. The Kier molecular flexibility index (Phi) is 4.74. The molecule has 0 spiro atoms. The number of nitrogens with one attached hydrogen (secondary N) is 1. The molecule has 0 bridgehead atoms. The first kappa shape index (κ1) is 14.5. The number of hydrogen-bond donors (Lipinski definition) is 1. The number of rotatable bonds is 3. The Hall–Kier alpha value is -1.88. The number of amides is 1. The Bertz CT molecular complexity index is 617. The highest BCUT2D eigenvalue weighted by molar-refractivity contribution is 9.10. The average Bonchev–Trinajstić information content (AvgIpc) is 2.46. The van der Waals surface area contributed by atoms with Crippen LogP contribution in [0.1, 0.15) is 11.1 Å². The Morgan fingerprint density at radius 1 is 1.25 bits per heavy atom. The fourth-order valence-electron chi connectivity index (χ4n) is 1.66. The molecule has 0 heterocycles. The lowest BCUT2D eigenvalue weighted by atomic mass is 10.2. The minimum atomic E-state index is -0.622. The molecule has 2 aromatic rings. The summed E-state index contributed by atoms with van der Waals surface area (Å²) in [4.78, 5) is 11.7. The van der Waals surface area contributed by atoms with E-state index in [0.29, 0.717) is 5.69 Å². The van der Waals surface area contributed by atoms with Crippen LogP contribution in [0.25, 0.3) is 0 Å². The molecule has 0 saturated carbocycles. The van der Waals surface area contributed by atoms with E-state index >= 15 is 0 Å². The monoisotopic (exact) mass is 337 g/mol. The maximum absolute atomic E-state index is 13.4. The van der Waals surface area contributed by atoms with E-state index < -0.39 is 11.9 Å². The largest absolute Gasteiger partial charge is 0.444 e. The van der Waals surface area contributed by atoms with E-state index in [1.54, 1.807) is 13.0 Å².